The lowest BCUT2D eigenvalue weighted by Crippen LogP contribution is -2.24. The van der Waals surface area contributed by atoms with Gasteiger partial charge in [0.15, 0.2) is 0 Å². The Kier molecular flexibility index (Phi) is 3.54. The first-order valence-electron chi connectivity index (χ1n) is 6.04. The number of Topliss-reactive ketones (excluding diaryl/α,β-unsaturated/α-hetero) is 1. The van der Waals surface area contributed by atoms with E-state index in [1.54, 1.807) is 0 Å². The van der Waals surface area contributed by atoms with Gasteiger partial charge in [0, 0.05) is 12.1 Å². The van der Waals surface area contributed by atoms with Crippen LogP contribution in [0.4, 0.5) is 13.2 Å². The molecule has 0 atom stereocenters. The lowest BCUT2D eigenvalue weighted by Gasteiger charge is -2.22. The minimum atomic E-state index is -4.99. The molecule has 0 amide bonds. The molecule has 1 aromatic rings. The largest absolute Gasteiger partial charge is 0.507 e. The number of carbonyl (C=O) groups is 1. The van der Waals surface area contributed by atoms with Gasteiger partial charge in [-0.05, 0) is 42.9 Å². The summed E-state index contributed by atoms with van der Waals surface area (Å²) < 4.78 is 37.5. The molecule has 0 spiro atoms. The van der Waals surface area contributed by atoms with Gasteiger partial charge >= 0.3 is 6.18 Å². The van der Waals surface area contributed by atoms with Crippen molar-refractivity contribution in [2.24, 2.45) is 5.73 Å². The van der Waals surface area contributed by atoms with Crippen LogP contribution in [0, 0.1) is 0 Å². The summed E-state index contributed by atoms with van der Waals surface area (Å²) in [5, 5.41) is 9.88. The molecule has 1 aliphatic carbocycles. The van der Waals surface area contributed by atoms with Crippen molar-refractivity contribution < 1.29 is 23.1 Å². The highest BCUT2D eigenvalue weighted by Gasteiger charge is 2.41. The van der Waals surface area contributed by atoms with E-state index in [0.29, 0.717) is 18.4 Å². The Morgan fingerprint density at radius 3 is 2.53 bits per heavy atom. The Morgan fingerprint density at radius 1 is 1.32 bits per heavy atom. The molecule has 0 radical (unpaired) electrons. The van der Waals surface area contributed by atoms with E-state index in [2.05, 4.69) is 0 Å². The van der Waals surface area contributed by atoms with Gasteiger partial charge in [-0.1, -0.05) is 0 Å². The zero-order valence-corrected chi connectivity index (χ0v) is 10.2. The minimum absolute atomic E-state index is 0.0762. The topological polar surface area (TPSA) is 63.3 Å². The highest BCUT2D eigenvalue weighted by atomic mass is 19.4. The summed E-state index contributed by atoms with van der Waals surface area (Å²) in [6.07, 6.45) is -1.93. The van der Waals surface area contributed by atoms with Crippen LogP contribution in [-0.4, -0.2) is 17.1 Å². The summed E-state index contributed by atoms with van der Waals surface area (Å²) in [5.74, 6) is -2.64. The fourth-order valence-electron chi connectivity index (χ4n) is 2.53. The fraction of sp³-hybridized carbons (Fsp3) is 0.462. The molecule has 1 aromatic carbocycles. The van der Waals surface area contributed by atoms with Crippen molar-refractivity contribution in [3.8, 4) is 5.75 Å². The maximum Gasteiger partial charge on any atom is 0.455 e. The second-order valence-electron chi connectivity index (χ2n) is 4.63. The summed E-state index contributed by atoms with van der Waals surface area (Å²) in [4.78, 5) is 11.3. The van der Waals surface area contributed by atoms with Crippen molar-refractivity contribution in [3.05, 3.63) is 28.3 Å². The molecule has 0 saturated heterocycles. The standard InChI is InChI=1S/C13H14F3NO2/c14-13(15,16)12(19)9-5-7-3-1-2-4-8(7)10(6-17)11(9)18/h5,18H,1-4,6,17H2. The highest BCUT2D eigenvalue weighted by Crippen LogP contribution is 2.36. The number of aromatic hydroxyl groups is 1. The van der Waals surface area contributed by atoms with Gasteiger partial charge in [-0.25, -0.2) is 0 Å². The molecule has 3 nitrogen and oxygen atoms in total. The first kappa shape index (κ1) is 13.9. The third kappa shape index (κ3) is 2.45. The number of phenols is 1. The van der Waals surface area contributed by atoms with Crippen LogP contribution in [0.25, 0.3) is 0 Å². The van der Waals surface area contributed by atoms with E-state index in [0.717, 1.165) is 18.4 Å². The molecule has 0 saturated carbocycles. The summed E-state index contributed by atoms with van der Waals surface area (Å²) in [5.41, 5.74) is 6.57. The van der Waals surface area contributed by atoms with E-state index in [4.69, 9.17) is 5.73 Å². The van der Waals surface area contributed by atoms with Gasteiger partial charge < -0.3 is 10.8 Å². The molecule has 6 heteroatoms. The van der Waals surface area contributed by atoms with Gasteiger partial charge in [-0.15, -0.1) is 0 Å². The average Bonchev–Trinajstić information content (AvgIpc) is 2.36. The van der Waals surface area contributed by atoms with E-state index in [1.807, 2.05) is 0 Å². The van der Waals surface area contributed by atoms with Crippen LogP contribution in [0.3, 0.4) is 0 Å². The smallest absolute Gasteiger partial charge is 0.455 e. The summed E-state index contributed by atoms with van der Waals surface area (Å²) in [7, 11) is 0. The van der Waals surface area contributed by atoms with E-state index in [9.17, 15) is 23.1 Å². The monoisotopic (exact) mass is 273 g/mol. The molecular weight excluding hydrogens is 259 g/mol. The molecule has 0 fully saturated rings. The average molecular weight is 273 g/mol. The maximum absolute atomic E-state index is 12.5. The van der Waals surface area contributed by atoms with Crippen LogP contribution in [-0.2, 0) is 19.4 Å². The van der Waals surface area contributed by atoms with Crippen LogP contribution in [0.2, 0.25) is 0 Å². The number of fused-ring (bicyclic) bond motifs is 1. The Balaban J connectivity index is 2.60. The number of halogens is 3. The van der Waals surface area contributed by atoms with Crippen molar-refractivity contribution in [1.29, 1.82) is 0 Å². The van der Waals surface area contributed by atoms with E-state index in [-0.39, 0.29) is 12.1 Å². The van der Waals surface area contributed by atoms with E-state index < -0.39 is 23.3 Å². The van der Waals surface area contributed by atoms with Crippen LogP contribution in [0.5, 0.6) is 5.75 Å². The normalized spacial score (nSPS) is 15.2. The van der Waals surface area contributed by atoms with Crippen LogP contribution in [0.15, 0.2) is 6.07 Å². The van der Waals surface area contributed by atoms with Crippen molar-refractivity contribution in [1.82, 2.24) is 0 Å². The van der Waals surface area contributed by atoms with Crippen LogP contribution >= 0.6 is 0 Å². The molecule has 19 heavy (non-hydrogen) atoms. The van der Waals surface area contributed by atoms with Crippen molar-refractivity contribution in [3.63, 3.8) is 0 Å². The highest BCUT2D eigenvalue weighted by molar-refractivity contribution is 6.03. The SMILES string of the molecule is NCc1c(O)c(C(=O)C(F)(F)F)cc2c1CCCC2. The molecule has 0 aliphatic heterocycles. The molecule has 104 valence electrons. The fourth-order valence-corrected chi connectivity index (χ4v) is 2.53. The van der Waals surface area contributed by atoms with Crippen LogP contribution in [0.1, 0.15) is 39.9 Å². The first-order chi connectivity index (χ1) is 8.86. The Labute approximate surface area is 108 Å². The number of hydrogen-bond donors (Lipinski definition) is 2. The third-order valence-electron chi connectivity index (χ3n) is 3.44. The zero-order chi connectivity index (χ0) is 14.2. The van der Waals surface area contributed by atoms with Crippen molar-refractivity contribution in [2.75, 3.05) is 0 Å². The quantitative estimate of drug-likeness (QED) is 0.814. The lowest BCUT2D eigenvalue weighted by molar-refractivity contribution is -0.0886. The number of rotatable bonds is 2. The lowest BCUT2D eigenvalue weighted by atomic mass is 9.85. The van der Waals surface area contributed by atoms with Gasteiger partial charge in [0.2, 0.25) is 0 Å². The van der Waals surface area contributed by atoms with Gasteiger partial charge in [0.05, 0.1) is 5.56 Å². The molecule has 2 rings (SSSR count). The number of phenolic OH excluding ortho intramolecular Hbond substituents is 1. The predicted octanol–water partition coefficient (Wildman–Crippen LogP) is 2.47. The van der Waals surface area contributed by atoms with Gasteiger partial charge in [-0.2, -0.15) is 13.2 Å². The Hall–Kier alpha value is -1.56. The number of aryl methyl sites for hydroxylation is 1. The maximum atomic E-state index is 12.5. The van der Waals surface area contributed by atoms with Gasteiger partial charge in [0.25, 0.3) is 5.78 Å². The first-order valence-corrected chi connectivity index (χ1v) is 6.04. The van der Waals surface area contributed by atoms with Crippen molar-refractivity contribution >= 4 is 5.78 Å². The second-order valence-corrected chi connectivity index (χ2v) is 4.63. The number of carbonyl (C=O) groups excluding carboxylic acids is 1. The number of ketones is 1. The van der Waals surface area contributed by atoms with E-state index in [1.165, 1.54) is 6.07 Å². The van der Waals surface area contributed by atoms with Gasteiger partial charge in [0.1, 0.15) is 5.75 Å². The van der Waals surface area contributed by atoms with E-state index >= 15 is 0 Å². The molecular formula is C13H14F3NO2. The molecule has 1 aliphatic rings. The van der Waals surface area contributed by atoms with Crippen LogP contribution < -0.4 is 5.73 Å². The van der Waals surface area contributed by atoms with Gasteiger partial charge in [-0.3, -0.25) is 4.79 Å². The summed E-state index contributed by atoms with van der Waals surface area (Å²) in [6.45, 7) is -0.0762. The number of alkyl halides is 3. The predicted molar refractivity (Wildman–Crippen MR) is 63.0 cm³/mol. The third-order valence-corrected chi connectivity index (χ3v) is 3.44. The summed E-state index contributed by atoms with van der Waals surface area (Å²) in [6, 6.07) is 1.17. The van der Waals surface area contributed by atoms with Crippen molar-refractivity contribution in [2.45, 2.75) is 38.4 Å². The molecule has 0 unspecified atom stereocenters. The number of benzene rings is 1. The molecule has 0 heterocycles. The molecule has 0 aromatic heterocycles. The number of nitrogens with two attached hydrogens (primary N) is 1. The Morgan fingerprint density at radius 2 is 1.95 bits per heavy atom. The second kappa shape index (κ2) is 4.85. The summed E-state index contributed by atoms with van der Waals surface area (Å²) >= 11 is 0. The molecule has 3 N–H and O–H groups in total. The number of hydrogen-bond acceptors (Lipinski definition) is 3. The minimum Gasteiger partial charge on any atom is -0.507 e. The molecule has 0 bridgehead atoms. The Bertz CT molecular complexity index is 524. The zero-order valence-electron chi connectivity index (χ0n) is 10.2.